The van der Waals surface area contributed by atoms with Crippen molar-refractivity contribution in [2.75, 3.05) is 0 Å². The van der Waals surface area contributed by atoms with E-state index in [1.807, 2.05) is 44.4 Å². The average Bonchev–Trinajstić information content (AvgIpc) is 3.28. The van der Waals surface area contributed by atoms with Crippen LogP contribution < -0.4 is 5.32 Å². The topological polar surface area (TPSA) is 79.9 Å². The summed E-state index contributed by atoms with van der Waals surface area (Å²) in [6.45, 7) is 3.85. The molecule has 0 unspecified atom stereocenters. The van der Waals surface area contributed by atoms with Crippen LogP contribution in [0.5, 0.6) is 0 Å². The van der Waals surface area contributed by atoms with Gasteiger partial charge in [0.2, 0.25) is 0 Å². The average molecular weight is 364 g/mol. The number of rotatable bonds is 4. The van der Waals surface area contributed by atoms with Crippen molar-refractivity contribution in [3.63, 3.8) is 0 Å². The number of aromatic amines is 1. The Bertz CT molecular complexity index is 936. The SMILES string of the molecule is CC(C)NC(=O)O[C@@H]1CC[C@H](c2cnc3[nH]cc(-c4ccccn4)c3c2)C1. The summed E-state index contributed by atoms with van der Waals surface area (Å²) in [5, 5.41) is 3.86. The number of amides is 1. The van der Waals surface area contributed by atoms with Crippen molar-refractivity contribution in [1.82, 2.24) is 20.3 Å². The van der Waals surface area contributed by atoms with Crippen LogP contribution >= 0.6 is 0 Å². The molecule has 140 valence electrons. The number of nitrogens with one attached hydrogen (secondary N) is 2. The smallest absolute Gasteiger partial charge is 0.407 e. The van der Waals surface area contributed by atoms with Gasteiger partial charge in [-0.25, -0.2) is 9.78 Å². The normalized spacial score (nSPS) is 19.5. The number of pyridine rings is 2. The Morgan fingerprint density at radius 2 is 2.19 bits per heavy atom. The molecule has 1 aliphatic carbocycles. The van der Waals surface area contributed by atoms with Crippen LogP contribution in [0.1, 0.15) is 44.6 Å². The molecule has 0 saturated heterocycles. The molecule has 2 N–H and O–H groups in total. The number of carbonyl (C=O) groups is 1. The van der Waals surface area contributed by atoms with E-state index < -0.39 is 0 Å². The number of aromatic nitrogens is 3. The third-order valence-corrected chi connectivity index (χ3v) is 5.03. The van der Waals surface area contributed by atoms with E-state index >= 15 is 0 Å². The number of hydrogen-bond acceptors (Lipinski definition) is 4. The first kappa shape index (κ1) is 17.5. The molecule has 0 radical (unpaired) electrons. The van der Waals surface area contributed by atoms with E-state index in [4.69, 9.17) is 4.74 Å². The Hall–Kier alpha value is -2.89. The maximum atomic E-state index is 11.8. The fourth-order valence-electron chi connectivity index (χ4n) is 3.75. The van der Waals surface area contributed by atoms with E-state index in [1.165, 1.54) is 5.56 Å². The van der Waals surface area contributed by atoms with Crippen molar-refractivity contribution < 1.29 is 9.53 Å². The highest BCUT2D eigenvalue weighted by atomic mass is 16.6. The molecule has 1 fully saturated rings. The van der Waals surface area contributed by atoms with Crippen molar-refractivity contribution in [2.45, 2.75) is 51.2 Å². The lowest BCUT2D eigenvalue weighted by atomic mass is 9.97. The van der Waals surface area contributed by atoms with Gasteiger partial charge in [-0.3, -0.25) is 4.98 Å². The quantitative estimate of drug-likeness (QED) is 0.719. The second-order valence-corrected chi connectivity index (χ2v) is 7.42. The molecule has 0 spiro atoms. The fraction of sp³-hybridized carbons (Fsp3) is 0.381. The van der Waals surface area contributed by atoms with Gasteiger partial charge in [0.1, 0.15) is 11.8 Å². The van der Waals surface area contributed by atoms with Gasteiger partial charge in [0.25, 0.3) is 0 Å². The van der Waals surface area contributed by atoms with Crippen molar-refractivity contribution in [1.29, 1.82) is 0 Å². The van der Waals surface area contributed by atoms with Gasteiger partial charge in [-0.15, -0.1) is 0 Å². The van der Waals surface area contributed by atoms with Crippen LogP contribution in [-0.4, -0.2) is 33.2 Å². The molecular formula is C21H24N4O2. The lowest BCUT2D eigenvalue weighted by Gasteiger charge is -2.15. The number of alkyl carbamates (subject to hydrolysis) is 1. The Labute approximate surface area is 158 Å². The van der Waals surface area contributed by atoms with E-state index in [0.29, 0.717) is 5.92 Å². The Morgan fingerprint density at radius 3 is 2.96 bits per heavy atom. The summed E-state index contributed by atoms with van der Waals surface area (Å²) in [5.74, 6) is 0.352. The molecule has 4 rings (SSSR count). The summed E-state index contributed by atoms with van der Waals surface area (Å²) in [4.78, 5) is 24.1. The molecule has 1 amide bonds. The Balaban J connectivity index is 1.52. The van der Waals surface area contributed by atoms with Crippen LogP contribution in [0.3, 0.4) is 0 Å². The lowest BCUT2D eigenvalue weighted by Crippen LogP contribution is -2.33. The number of H-pyrrole nitrogens is 1. The predicted octanol–water partition coefficient (Wildman–Crippen LogP) is 4.40. The van der Waals surface area contributed by atoms with Gasteiger partial charge in [-0.05, 0) is 62.8 Å². The zero-order valence-corrected chi connectivity index (χ0v) is 15.6. The highest BCUT2D eigenvalue weighted by molar-refractivity contribution is 5.92. The molecule has 6 heteroatoms. The summed E-state index contributed by atoms with van der Waals surface area (Å²) in [6, 6.07) is 8.18. The largest absolute Gasteiger partial charge is 0.446 e. The van der Waals surface area contributed by atoms with Crippen molar-refractivity contribution in [3.8, 4) is 11.3 Å². The Morgan fingerprint density at radius 1 is 1.30 bits per heavy atom. The van der Waals surface area contributed by atoms with E-state index in [-0.39, 0.29) is 18.2 Å². The summed E-state index contributed by atoms with van der Waals surface area (Å²) >= 11 is 0. The van der Waals surface area contributed by atoms with Crippen LogP contribution in [0, 0.1) is 0 Å². The summed E-state index contributed by atoms with van der Waals surface area (Å²) < 4.78 is 5.55. The molecule has 1 aliphatic rings. The summed E-state index contributed by atoms with van der Waals surface area (Å²) in [7, 11) is 0. The first-order valence-corrected chi connectivity index (χ1v) is 9.45. The zero-order valence-electron chi connectivity index (χ0n) is 15.6. The van der Waals surface area contributed by atoms with Crippen LogP contribution in [0.4, 0.5) is 4.79 Å². The predicted molar refractivity (Wildman–Crippen MR) is 104 cm³/mol. The van der Waals surface area contributed by atoms with E-state index in [2.05, 4.69) is 26.3 Å². The molecule has 1 saturated carbocycles. The number of carbonyl (C=O) groups excluding carboxylic acids is 1. The molecule has 2 atom stereocenters. The van der Waals surface area contributed by atoms with Crippen LogP contribution in [0.25, 0.3) is 22.3 Å². The third-order valence-electron chi connectivity index (χ3n) is 5.03. The van der Waals surface area contributed by atoms with Gasteiger partial charge in [0, 0.05) is 35.6 Å². The van der Waals surface area contributed by atoms with E-state index in [0.717, 1.165) is 41.6 Å². The minimum absolute atomic E-state index is 0.0362. The second kappa shape index (κ2) is 7.39. The van der Waals surface area contributed by atoms with Gasteiger partial charge >= 0.3 is 6.09 Å². The second-order valence-electron chi connectivity index (χ2n) is 7.42. The van der Waals surface area contributed by atoms with E-state index in [1.54, 1.807) is 6.20 Å². The maximum Gasteiger partial charge on any atom is 0.407 e. The highest BCUT2D eigenvalue weighted by Crippen LogP contribution is 2.37. The number of ether oxygens (including phenoxy) is 1. The molecule has 27 heavy (non-hydrogen) atoms. The first-order chi connectivity index (χ1) is 13.1. The molecular weight excluding hydrogens is 340 g/mol. The lowest BCUT2D eigenvalue weighted by molar-refractivity contribution is 0.0982. The minimum atomic E-state index is -0.327. The monoisotopic (exact) mass is 364 g/mol. The van der Waals surface area contributed by atoms with Crippen LogP contribution in [-0.2, 0) is 4.74 Å². The number of nitrogens with zero attached hydrogens (tertiary/aromatic N) is 2. The van der Waals surface area contributed by atoms with Crippen molar-refractivity contribution in [3.05, 3.63) is 48.4 Å². The van der Waals surface area contributed by atoms with Crippen LogP contribution in [0.15, 0.2) is 42.9 Å². The third kappa shape index (κ3) is 3.79. The zero-order chi connectivity index (χ0) is 18.8. The number of fused-ring (bicyclic) bond motifs is 1. The van der Waals surface area contributed by atoms with E-state index in [9.17, 15) is 4.79 Å². The summed E-state index contributed by atoms with van der Waals surface area (Å²) in [5.41, 5.74) is 4.04. The standard InChI is InChI=1S/C21H24N4O2/c1-13(2)25-21(26)27-16-7-6-14(9-16)15-10-17-18(12-24-20(17)23-11-15)19-5-3-4-8-22-19/h3-5,8,10-14,16H,6-7,9H2,1-2H3,(H,23,24)(H,25,26)/t14-,16+/m0/s1. The van der Waals surface area contributed by atoms with Crippen molar-refractivity contribution in [2.24, 2.45) is 0 Å². The molecule has 0 aromatic carbocycles. The molecule has 3 heterocycles. The molecule has 0 aliphatic heterocycles. The molecule has 0 bridgehead atoms. The number of hydrogen-bond donors (Lipinski definition) is 2. The Kier molecular flexibility index (Phi) is 4.79. The van der Waals surface area contributed by atoms with Gasteiger partial charge in [0.05, 0.1) is 5.69 Å². The van der Waals surface area contributed by atoms with Crippen molar-refractivity contribution >= 4 is 17.1 Å². The van der Waals surface area contributed by atoms with Gasteiger partial charge < -0.3 is 15.0 Å². The molecule has 3 aromatic heterocycles. The maximum absolute atomic E-state index is 11.8. The first-order valence-electron chi connectivity index (χ1n) is 9.45. The highest BCUT2D eigenvalue weighted by Gasteiger charge is 2.29. The van der Waals surface area contributed by atoms with Gasteiger partial charge in [-0.1, -0.05) is 6.07 Å². The van der Waals surface area contributed by atoms with Crippen LogP contribution in [0.2, 0.25) is 0 Å². The van der Waals surface area contributed by atoms with Gasteiger partial charge in [-0.2, -0.15) is 0 Å². The summed E-state index contributed by atoms with van der Waals surface area (Å²) in [6.07, 6.45) is 8.04. The minimum Gasteiger partial charge on any atom is -0.446 e. The fourth-order valence-corrected chi connectivity index (χ4v) is 3.75. The van der Waals surface area contributed by atoms with Gasteiger partial charge in [0.15, 0.2) is 0 Å². The molecule has 6 nitrogen and oxygen atoms in total. The molecule has 3 aromatic rings.